The Kier molecular flexibility index (Phi) is 1.28. The molecular formula is C9H6N2O. The van der Waals surface area contributed by atoms with E-state index in [2.05, 4.69) is 4.98 Å². The Morgan fingerprint density at radius 1 is 1.33 bits per heavy atom. The van der Waals surface area contributed by atoms with Gasteiger partial charge in [0, 0.05) is 17.0 Å². The van der Waals surface area contributed by atoms with Crippen LogP contribution in [0.15, 0.2) is 24.3 Å². The molecule has 1 aromatic heterocycles. The maximum absolute atomic E-state index is 9.08. The van der Waals surface area contributed by atoms with Crippen molar-refractivity contribution in [1.29, 1.82) is 5.26 Å². The Balaban J connectivity index is 2.77. The van der Waals surface area contributed by atoms with Gasteiger partial charge in [0.25, 0.3) is 0 Å². The molecule has 0 aliphatic carbocycles. The number of nitrogens with one attached hydrogen (secondary N) is 1. The van der Waals surface area contributed by atoms with E-state index in [1.54, 1.807) is 24.3 Å². The first-order chi connectivity index (χ1) is 5.79. The highest BCUT2D eigenvalue weighted by atomic mass is 16.3. The smallest absolute Gasteiger partial charge is 0.189 e. The summed E-state index contributed by atoms with van der Waals surface area (Å²) in [5.41, 5.74) is 1.37. The zero-order chi connectivity index (χ0) is 8.55. The number of nitriles is 1. The lowest BCUT2D eigenvalue weighted by Crippen LogP contribution is -1.72. The van der Waals surface area contributed by atoms with Crippen molar-refractivity contribution >= 4 is 10.9 Å². The van der Waals surface area contributed by atoms with Gasteiger partial charge in [0.1, 0.15) is 0 Å². The molecule has 0 saturated heterocycles. The summed E-state index contributed by atoms with van der Waals surface area (Å²) in [6.07, 6.45) is 0. The molecule has 0 atom stereocenters. The molecule has 0 aliphatic heterocycles. The first-order valence-electron chi connectivity index (χ1n) is 3.51. The number of benzene rings is 1. The highest BCUT2D eigenvalue weighted by molar-refractivity contribution is 5.82. The largest absolute Gasteiger partial charge is 0.495 e. The lowest BCUT2D eigenvalue weighted by Gasteiger charge is -1.88. The lowest BCUT2D eigenvalue weighted by atomic mass is 10.2. The molecule has 0 radical (unpaired) electrons. The highest BCUT2D eigenvalue weighted by Crippen LogP contribution is 2.19. The molecular weight excluding hydrogens is 152 g/mol. The molecule has 58 valence electrons. The number of rotatable bonds is 0. The van der Waals surface area contributed by atoms with Crippen molar-refractivity contribution in [2.45, 2.75) is 0 Å². The van der Waals surface area contributed by atoms with Crippen LogP contribution in [0.1, 0.15) is 5.56 Å². The maximum atomic E-state index is 9.08. The van der Waals surface area contributed by atoms with Gasteiger partial charge in [-0.1, -0.05) is 6.07 Å². The van der Waals surface area contributed by atoms with Crippen LogP contribution in [0.5, 0.6) is 5.88 Å². The normalized spacial score (nSPS) is 9.92. The van der Waals surface area contributed by atoms with Crippen LogP contribution >= 0.6 is 0 Å². The molecule has 0 amide bonds. The van der Waals surface area contributed by atoms with Gasteiger partial charge in [0.15, 0.2) is 5.88 Å². The molecule has 0 fully saturated rings. The Labute approximate surface area is 68.9 Å². The number of nitrogens with zero attached hydrogens (tertiary/aromatic N) is 1. The Bertz CT molecular complexity index is 465. The average molecular weight is 158 g/mol. The second-order valence-electron chi connectivity index (χ2n) is 2.57. The molecule has 2 N–H and O–H groups in total. The molecule has 2 aromatic rings. The predicted molar refractivity (Wildman–Crippen MR) is 44.7 cm³/mol. The van der Waals surface area contributed by atoms with Crippen LogP contribution < -0.4 is 0 Å². The minimum atomic E-state index is 0.125. The van der Waals surface area contributed by atoms with Gasteiger partial charge >= 0.3 is 0 Å². The van der Waals surface area contributed by atoms with Crippen molar-refractivity contribution in [3.8, 4) is 11.9 Å². The molecule has 1 heterocycles. The van der Waals surface area contributed by atoms with Crippen LogP contribution in [0.25, 0.3) is 10.9 Å². The molecule has 0 unspecified atom stereocenters. The standard InChI is InChI=1S/C9H6N2O/c10-5-6-1-2-7-4-9(12)11-8(7)3-6/h1-4,11-12H. The SMILES string of the molecule is N#Cc1ccc2cc(O)[nH]c2c1. The topological polar surface area (TPSA) is 59.8 Å². The fourth-order valence-electron chi connectivity index (χ4n) is 1.18. The monoisotopic (exact) mass is 158 g/mol. The number of hydrogen-bond donors (Lipinski definition) is 2. The molecule has 2 rings (SSSR count). The minimum Gasteiger partial charge on any atom is -0.495 e. The van der Waals surface area contributed by atoms with E-state index in [1.807, 2.05) is 6.07 Å². The van der Waals surface area contributed by atoms with Crippen LogP contribution in [0.3, 0.4) is 0 Å². The molecule has 0 bridgehead atoms. The van der Waals surface area contributed by atoms with Crippen molar-refractivity contribution in [2.75, 3.05) is 0 Å². The molecule has 0 aliphatic rings. The zero-order valence-corrected chi connectivity index (χ0v) is 6.20. The van der Waals surface area contributed by atoms with Gasteiger partial charge in [0.05, 0.1) is 11.6 Å². The third kappa shape index (κ3) is 0.903. The van der Waals surface area contributed by atoms with Crippen molar-refractivity contribution < 1.29 is 5.11 Å². The minimum absolute atomic E-state index is 0.125. The fraction of sp³-hybridized carbons (Fsp3) is 0. The predicted octanol–water partition coefficient (Wildman–Crippen LogP) is 1.75. The lowest BCUT2D eigenvalue weighted by molar-refractivity contribution is 0.458. The summed E-state index contributed by atoms with van der Waals surface area (Å²) in [7, 11) is 0. The van der Waals surface area contributed by atoms with Crippen molar-refractivity contribution in [2.24, 2.45) is 0 Å². The maximum Gasteiger partial charge on any atom is 0.189 e. The number of aromatic amines is 1. The van der Waals surface area contributed by atoms with Crippen LogP contribution in [-0.4, -0.2) is 10.1 Å². The molecule has 3 nitrogen and oxygen atoms in total. The Hall–Kier alpha value is -1.95. The summed E-state index contributed by atoms with van der Waals surface area (Å²) in [6.45, 7) is 0. The van der Waals surface area contributed by atoms with Gasteiger partial charge in [-0.3, -0.25) is 0 Å². The summed E-state index contributed by atoms with van der Waals surface area (Å²) < 4.78 is 0. The average Bonchev–Trinajstić information content (AvgIpc) is 2.43. The number of hydrogen-bond acceptors (Lipinski definition) is 2. The number of aromatic hydroxyl groups is 1. The van der Waals surface area contributed by atoms with Crippen LogP contribution in [-0.2, 0) is 0 Å². The van der Waals surface area contributed by atoms with E-state index >= 15 is 0 Å². The van der Waals surface area contributed by atoms with Gasteiger partial charge in [-0.2, -0.15) is 5.26 Å². The number of aromatic nitrogens is 1. The molecule has 12 heavy (non-hydrogen) atoms. The Morgan fingerprint density at radius 2 is 2.17 bits per heavy atom. The molecule has 0 spiro atoms. The van der Waals surface area contributed by atoms with E-state index < -0.39 is 0 Å². The Morgan fingerprint density at radius 3 is 2.92 bits per heavy atom. The van der Waals surface area contributed by atoms with Gasteiger partial charge in [-0.25, -0.2) is 0 Å². The van der Waals surface area contributed by atoms with Crippen molar-refractivity contribution in [3.05, 3.63) is 29.8 Å². The van der Waals surface area contributed by atoms with E-state index in [-0.39, 0.29) is 5.88 Å². The first kappa shape index (κ1) is 6.74. The van der Waals surface area contributed by atoms with Crippen LogP contribution in [0, 0.1) is 11.3 Å². The van der Waals surface area contributed by atoms with Crippen LogP contribution in [0.2, 0.25) is 0 Å². The second kappa shape index (κ2) is 2.28. The van der Waals surface area contributed by atoms with E-state index in [9.17, 15) is 0 Å². The second-order valence-corrected chi connectivity index (χ2v) is 2.57. The summed E-state index contributed by atoms with van der Waals surface area (Å²) >= 11 is 0. The van der Waals surface area contributed by atoms with E-state index in [0.717, 1.165) is 10.9 Å². The molecule has 1 aromatic carbocycles. The summed E-state index contributed by atoms with van der Waals surface area (Å²) in [4.78, 5) is 2.74. The number of fused-ring (bicyclic) bond motifs is 1. The fourth-order valence-corrected chi connectivity index (χ4v) is 1.18. The third-order valence-corrected chi connectivity index (χ3v) is 1.74. The first-order valence-corrected chi connectivity index (χ1v) is 3.51. The van der Waals surface area contributed by atoms with E-state index in [4.69, 9.17) is 10.4 Å². The quantitative estimate of drug-likeness (QED) is 0.613. The molecule has 0 saturated carbocycles. The zero-order valence-electron chi connectivity index (χ0n) is 6.20. The van der Waals surface area contributed by atoms with Gasteiger partial charge in [-0.15, -0.1) is 0 Å². The van der Waals surface area contributed by atoms with Crippen molar-refractivity contribution in [3.63, 3.8) is 0 Å². The van der Waals surface area contributed by atoms with E-state index in [0.29, 0.717) is 5.56 Å². The summed E-state index contributed by atoms with van der Waals surface area (Å²) in [5, 5.41) is 18.6. The van der Waals surface area contributed by atoms with E-state index in [1.165, 1.54) is 0 Å². The summed E-state index contributed by atoms with van der Waals surface area (Å²) in [5.74, 6) is 0.125. The van der Waals surface area contributed by atoms with Crippen LogP contribution in [0.4, 0.5) is 0 Å². The number of H-pyrrole nitrogens is 1. The van der Waals surface area contributed by atoms with Gasteiger partial charge < -0.3 is 10.1 Å². The highest BCUT2D eigenvalue weighted by Gasteiger charge is 1.98. The van der Waals surface area contributed by atoms with Gasteiger partial charge in [-0.05, 0) is 12.1 Å². The summed E-state index contributed by atoms with van der Waals surface area (Å²) in [6, 6.07) is 8.87. The molecule has 3 heteroatoms. The van der Waals surface area contributed by atoms with Crippen molar-refractivity contribution in [1.82, 2.24) is 4.98 Å². The third-order valence-electron chi connectivity index (χ3n) is 1.74. The van der Waals surface area contributed by atoms with Gasteiger partial charge in [0.2, 0.25) is 0 Å².